The molecular weight excluding hydrogens is 410 g/mol. The first-order valence-corrected chi connectivity index (χ1v) is 12.1. The lowest BCUT2D eigenvalue weighted by Gasteiger charge is -2.55. The molecule has 2 fully saturated rings. The van der Waals surface area contributed by atoms with Gasteiger partial charge in [0.2, 0.25) is 6.41 Å². The molecule has 4 heteroatoms. The van der Waals surface area contributed by atoms with E-state index >= 15 is 0 Å². The first kappa shape index (κ1) is 21.9. The van der Waals surface area contributed by atoms with Crippen LogP contribution in [0.15, 0.2) is 47.1 Å². The Hall–Kier alpha value is -2.93. The minimum Gasteiger partial charge on any atom is -0.342 e. The maximum atomic E-state index is 12.2. The number of hydrogen-bond donors (Lipinski definition) is 1. The van der Waals surface area contributed by atoms with Crippen molar-refractivity contribution in [3.05, 3.63) is 58.2 Å². The molecule has 0 spiro atoms. The van der Waals surface area contributed by atoms with Gasteiger partial charge in [-0.1, -0.05) is 42.7 Å². The summed E-state index contributed by atoms with van der Waals surface area (Å²) in [5.74, 6) is 4.25. The molecule has 0 bridgehead atoms. The molecule has 4 aliphatic carbocycles. The fourth-order valence-electron chi connectivity index (χ4n) is 7.55. The zero-order chi connectivity index (χ0) is 23.4. The Kier molecular flexibility index (Phi) is 5.20. The molecule has 0 aliphatic heterocycles. The second-order valence-electron chi connectivity index (χ2n) is 10.5. The van der Waals surface area contributed by atoms with Crippen LogP contribution in [0.5, 0.6) is 0 Å². The van der Waals surface area contributed by atoms with Gasteiger partial charge in [-0.2, -0.15) is 0 Å². The Morgan fingerprint density at radius 3 is 2.61 bits per heavy atom. The summed E-state index contributed by atoms with van der Waals surface area (Å²) in [5.41, 5.74) is 5.11. The SMILES string of the molecule is C#C[C@]1(NC=O)CC[C@H]2[C@@H]3CCC4=CC(=O)CCC4=C3[C@@H](c3ccc(C(C)=O)cc3)C[C@@]21C. The fourth-order valence-corrected chi connectivity index (χ4v) is 7.55. The highest BCUT2D eigenvalue weighted by Crippen LogP contribution is 2.66. The van der Waals surface area contributed by atoms with Gasteiger partial charge in [-0.25, -0.2) is 0 Å². The first-order valence-electron chi connectivity index (χ1n) is 12.1. The van der Waals surface area contributed by atoms with Crippen molar-refractivity contribution in [3.8, 4) is 12.3 Å². The van der Waals surface area contributed by atoms with Crippen LogP contribution in [0.1, 0.15) is 80.6 Å². The van der Waals surface area contributed by atoms with E-state index in [4.69, 9.17) is 6.42 Å². The molecule has 0 radical (unpaired) electrons. The first-order chi connectivity index (χ1) is 15.8. The van der Waals surface area contributed by atoms with E-state index in [0.29, 0.717) is 23.8 Å². The van der Waals surface area contributed by atoms with E-state index in [1.54, 1.807) is 6.92 Å². The fraction of sp³-hybridized carbons (Fsp3) is 0.483. The van der Waals surface area contributed by atoms with Gasteiger partial charge in [0.1, 0.15) is 5.54 Å². The van der Waals surface area contributed by atoms with Gasteiger partial charge in [0.15, 0.2) is 11.6 Å². The van der Waals surface area contributed by atoms with Crippen molar-refractivity contribution in [2.24, 2.45) is 17.3 Å². The molecule has 0 aromatic heterocycles. The number of nitrogens with one attached hydrogen (secondary N) is 1. The summed E-state index contributed by atoms with van der Waals surface area (Å²) in [6.45, 7) is 3.86. The van der Waals surface area contributed by atoms with Gasteiger partial charge in [0.25, 0.3) is 0 Å². The smallest absolute Gasteiger partial charge is 0.208 e. The van der Waals surface area contributed by atoms with Crippen molar-refractivity contribution >= 4 is 18.0 Å². The number of fused-ring (bicyclic) bond motifs is 4. The van der Waals surface area contributed by atoms with E-state index in [1.165, 1.54) is 22.3 Å². The van der Waals surface area contributed by atoms with Crippen LogP contribution in [0.25, 0.3) is 0 Å². The van der Waals surface area contributed by atoms with Crippen molar-refractivity contribution in [2.45, 2.75) is 70.3 Å². The molecule has 4 aliphatic rings. The van der Waals surface area contributed by atoms with E-state index in [9.17, 15) is 14.4 Å². The number of rotatable bonds is 4. The summed E-state index contributed by atoms with van der Waals surface area (Å²) in [4.78, 5) is 35.6. The molecule has 2 saturated carbocycles. The molecule has 1 N–H and O–H groups in total. The van der Waals surface area contributed by atoms with Crippen LogP contribution in [-0.2, 0) is 9.59 Å². The number of benzene rings is 1. The zero-order valence-electron chi connectivity index (χ0n) is 19.4. The van der Waals surface area contributed by atoms with Crippen LogP contribution in [0.2, 0.25) is 0 Å². The molecule has 0 unspecified atom stereocenters. The third-order valence-corrected chi connectivity index (χ3v) is 9.20. The molecule has 1 aromatic rings. The minimum absolute atomic E-state index is 0.0585. The van der Waals surface area contributed by atoms with Gasteiger partial charge in [-0.15, -0.1) is 6.42 Å². The topological polar surface area (TPSA) is 63.2 Å². The van der Waals surface area contributed by atoms with Gasteiger partial charge in [-0.3, -0.25) is 14.4 Å². The van der Waals surface area contributed by atoms with Gasteiger partial charge in [-0.05, 0) is 80.1 Å². The van der Waals surface area contributed by atoms with E-state index in [-0.39, 0.29) is 22.9 Å². The molecule has 5 rings (SSSR count). The summed E-state index contributed by atoms with van der Waals surface area (Å²) in [5, 5.41) is 3.07. The van der Waals surface area contributed by atoms with Crippen LogP contribution in [0.4, 0.5) is 0 Å². The maximum Gasteiger partial charge on any atom is 0.208 e. The van der Waals surface area contributed by atoms with E-state index in [0.717, 1.165) is 44.9 Å². The monoisotopic (exact) mass is 441 g/mol. The lowest BCUT2D eigenvalue weighted by Crippen LogP contribution is -2.57. The number of allylic oxidation sites excluding steroid dienone is 4. The highest BCUT2D eigenvalue weighted by molar-refractivity contribution is 5.94. The lowest BCUT2D eigenvalue weighted by molar-refractivity contribution is -0.115. The van der Waals surface area contributed by atoms with E-state index in [2.05, 4.69) is 30.3 Å². The highest BCUT2D eigenvalue weighted by atomic mass is 16.1. The summed E-state index contributed by atoms with van der Waals surface area (Å²) in [7, 11) is 0. The van der Waals surface area contributed by atoms with Gasteiger partial charge < -0.3 is 5.32 Å². The van der Waals surface area contributed by atoms with Crippen molar-refractivity contribution in [2.75, 3.05) is 0 Å². The second-order valence-corrected chi connectivity index (χ2v) is 10.5. The number of hydrogen-bond acceptors (Lipinski definition) is 3. The minimum atomic E-state index is -0.647. The van der Waals surface area contributed by atoms with Crippen molar-refractivity contribution < 1.29 is 14.4 Å². The van der Waals surface area contributed by atoms with Gasteiger partial charge in [0, 0.05) is 23.3 Å². The van der Waals surface area contributed by atoms with Gasteiger partial charge >= 0.3 is 0 Å². The third-order valence-electron chi connectivity index (χ3n) is 9.20. The number of carbonyl (C=O) groups excluding carboxylic acids is 3. The zero-order valence-corrected chi connectivity index (χ0v) is 19.4. The van der Waals surface area contributed by atoms with E-state index in [1.807, 2.05) is 18.2 Å². The second kappa shape index (κ2) is 7.83. The number of terminal acetylenes is 1. The van der Waals surface area contributed by atoms with Crippen LogP contribution in [0.3, 0.4) is 0 Å². The van der Waals surface area contributed by atoms with Crippen molar-refractivity contribution in [1.82, 2.24) is 5.32 Å². The lowest BCUT2D eigenvalue weighted by atomic mass is 9.50. The molecule has 0 heterocycles. The molecule has 4 nitrogen and oxygen atoms in total. The van der Waals surface area contributed by atoms with Crippen LogP contribution in [-0.4, -0.2) is 23.5 Å². The quantitative estimate of drug-likeness (QED) is 0.410. The third kappa shape index (κ3) is 3.16. The average molecular weight is 442 g/mol. The summed E-state index contributed by atoms with van der Waals surface area (Å²) >= 11 is 0. The Morgan fingerprint density at radius 2 is 1.94 bits per heavy atom. The Balaban J connectivity index is 1.68. The number of amides is 1. The molecule has 170 valence electrons. The Bertz CT molecular complexity index is 1130. The van der Waals surface area contributed by atoms with Crippen LogP contribution in [0, 0.1) is 29.6 Å². The number of carbonyl (C=O) groups is 3. The molecule has 33 heavy (non-hydrogen) atoms. The predicted octanol–water partition coefficient (Wildman–Crippen LogP) is 4.91. The van der Waals surface area contributed by atoms with Crippen LogP contribution < -0.4 is 5.32 Å². The van der Waals surface area contributed by atoms with E-state index < -0.39 is 5.54 Å². The van der Waals surface area contributed by atoms with Crippen molar-refractivity contribution in [3.63, 3.8) is 0 Å². The molecule has 0 saturated heterocycles. The summed E-state index contributed by atoms with van der Waals surface area (Å²) < 4.78 is 0. The Morgan fingerprint density at radius 1 is 1.18 bits per heavy atom. The molecule has 1 amide bonds. The summed E-state index contributed by atoms with van der Waals surface area (Å²) in [6.07, 6.45) is 14.7. The standard InChI is InChI=1S/C29H31NO3/c1-4-29(30-17-31)14-13-26-24-11-9-21-15-22(33)10-12-23(21)27(24)25(16-28(26,29)3)20-7-5-19(6-8-20)18(2)32/h1,5-8,15,17,24-26H,9-14,16H2,2-3H3,(H,30,31)/t24-,25+,26-,28-,29-/m0/s1. The summed E-state index contributed by atoms with van der Waals surface area (Å²) in [6, 6.07) is 8.01. The average Bonchev–Trinajstić information content (AvgIpc) is 3.10. The number of ketones is 2. The molecule has 5 atom stereocenters. The molecular formula is C29H31NO3. The normalized spacial score (nSPS) is 35.0. The predicted molar refractivity (Wildman–Crippen MR) is 127 cm³/mol. The Labute approximate surface area is 195 Å². The van der Waals surface area contributed by atoms with Gasteiger partial charge in [0.05, 0.1) is 0 Å². The maximum absolute atomic E-state index is 12.2. The molecule has 1 aromatic carbocycles. The van der Waals surface area contributed by atoms with Crippen molar-refractivity contribution in [1.29, 1.82) is 0 Å². The van der Waals surface area contributed by atoms with Crippen LogP contribution >= 0.6 is 0 Å². The largest absolute Gasteiger partial charge is 0.342 e. The number of Topliss-reactive ketones (excluding diaryl/α,β-unsaturated/α-hetero) is 1. The highest BCUT2D eigenvalue weighted by Gasteiger charge is 2.63.